The van der Waals surface area contributed by atoms with Gasteiger partial charge >= 0.3 is 0 Å². The Morgan fingerprint density at radius 2 is 1.94 bits per heavy atom. The van der Waals surface area contributed by atoms with Crippen molar-refractivity contribution >= 4 is 18.3 Å². The van der Waals surface area contributed by atoms with Gasteiger partial charge < -0.3 is 5.32 Å². The van der Waals surface area contributed by atoms with Gasteiger partial charge in [-0.2, -0.15) is 0 Å². The Morgan fingerprint density at radius 3 is 2.41 bits per heavy atom. The number of hydrazine groups is 1. The Kier molecular flexibility index (Phi) is 5.86. The molecular weight excluding hydrogens is 238 g/mol. The standard InChI is InChI=1S/C12H19N3O.ClH/c1-9(2)15-12(16)11-6-4-10(5-7-11)8-14-13-3;/h4-7,9,13-14H,8H2,1-3H3,(H,15,16);1H/i8D2;. The molecule has 0 unspecified atom stereocenters. The van der Waals surface area contributed by atoms with E-state index in [1.165, 1.54) is 0 Å². The van der Waals surface area contributed by atoms with E-state index in [9.17, 15) is 4.79 Å². The first-order valence-electron chi connectivity index (χ1n) is 6.22. The maximum Gasteiger partial charge on any atom is 0.251 e. The second kappa shape index (κ2) is 8.06. The molecule has 0 bridgehead atoms. The summed E-state index contributed by atoms with van der Waals surface area (Å²) in [6, 6.07) is 6.50. The number of carbonyl (C=O) groups excluding carboxylic acids is 1. The molecule has 1 aromatic carbocycles. The van der Waals surface area contributed by atoms with Crippen molar-refractivity contribution in [2.45, 2.75) is 26.4 Å². The van der Waals surface area contributed by atoms with Crippen LogP contribution >= 0.6 is 12.4 Å². The van der Waals surface area contributed by atoms with Crippen LogP contribution in [0.1, 0.15) is 32.5 Å². The molecule has 0 saturated carbocycles. The van der Waals surface area contributed by atoms with Crippen LogP contribution in [0, 0.1) is 0 Å². The SMILES string of the molecule is Cl.[2H]C([2H])(NNC)c1ccc(C(=O)NC(C)C)cc1. The van der Waals surface area contributed by atoms with Gasteiger partial charge in [0, 0.05) is 20.8 Å². The molecule has 0 aliphatic rings. The van der Waals surface area contributed by atoms with Crippen molar-refractivity contribution < 1.29 is 7.54 Å². The van der Waals surface area contributed by atoms with Crippen molar-refractivity contribution in [2.24, 2.45) is 0 Å². The minimum Gasteiger partial charge on any atom is -0.350 e. The highest BCUT2D eigenvalue weighted by Crippen LogP contribution is 2.04. The molecule has 96 valence electrons. The molecular formula is C12H20ClN3O. The highest BCUT2D eigenvalue weighted by molar-refractivity contribution is 5.94. The van der Waals surface area contributed by atoms with Gasteiger partial charge in [-0.15, -0.1) is 12.4 Å². The third-order valence-electron chi connectivity index (χ3n) is 1.90. The topological polar surface area (TPSA) is 53.2 Å². The second-order valence-electron chi connectivity index (χ2n) is 3.71. The zero-order valence-corrected chi connectivity index (χ0v) is 11.0. The number of hydrogen-bond donors (Lipinski definition) is 3. The van der Waals surface area contributed by atoms with Crippen LogP contribution in [-0.4, -0.2) is 19.0 Å². The number of rotatable bonds is 5. The van der Waals surface area contributed by atoms with Gasteiger partial charge in [-0.05, 0) is 38.6 Å². The van der Waals surface area contributed by atoms with Gasteiger partial charge in [0.05, 0.1) is 0 Å². The van der Waals surface area contributed by atoms with Gasteiger partial charge in [-0.1, -0.05) is 12.1 Å². The number of benzene rings is 1. The fourth-order valence-corrected chi connectivity index (χ4v) is 1.19. The lowest BCUT2D eigenvalue weighted by Crippen LogP contribution is -2.30. The van der Waals surface area contributed by atoms with E-state index in [4.69, 9.17) is 2.74 Å². The molecule has 0 fully saturated rings. The predicted octanol–water partition coefficient (Wildman–Crippen LogP) is 1.47. The average Bonchev–Trinajstić information content (AvgIpc) is 2.28. The van der Waals surface area contributed by atoms with E-state index in [0.717, 1.165) is 0 Å². The summed E-state index contributed by atoms with van der Waals surface area (Å²) in [4.78, 5) is 11.7. The van der Waals surface area contributed by atoms with Crippen LogP contribution in [0.3, 0.4) is 0 Å². The van der Waals surface area contributed by atoms with Gasteiger partial charge in [0.1, 0.15) is 0 Å². The van der Waals surface area contributed by atoms with Crippen molar-refractivity contribution in [3.05, 3.63) is 35.4 Å². The largest absolute Gasteiger partial charge is 0.350 e. The average molecular weight is 260 g/mol. The quantitative estimate of drug-likeness (QED) is 0.702. The molecule has 0 spiro atoms. The minimum atomic E-state index is -1.68. The smallest absolute Gasteiger partial charge is 0.251 e. The molecule has 0 radical (unpaired) electrons. The number of halogens is 1. The van der Waals surface area contributed by atoms with Gasteiger partial charge in [0.25, 0.3) is 5.91 Å². The molecule has 1 amide bonds. The van der Waals surface area contributed by atoms with Crippen LogP contribution in [0.2, 0.25) is 0 Å². The number of amides is 1. The molecule has 3 N–H and O–H groups in total. The summed E-state index contributed by atoms with van der Waals surface area (Å²) >= 11 is 0. The molecule has 0 aliphatic heterocycles. The Hall–Kier alpha value is -1.10. The normalized spacial score (nSPS) is 12.5. The van der Waals surface area contributed by atoms with E-state index in [2.05, 4.69) is 16.2 Å². The van der Waals surface area contributed by atoms with Crippen molar-refractivity contribution in [1.82, 2.24) is 16.2 Å². The highest BCUT2D eigenvalue weighted by Gasteiger charge is 2.05. The second-order valence-corrected chi connectivity index (χ2v) is 3.71. The first-order chi connectivity index (χ1) is 8.36. The van der Waals surface area contributed by atoms with Crippen LogP contribution < -0.4 is 16.2 Å². The molecule has 0 heterocycles. The van der Waals surface area contributed by atoms with Crippen LogP contribution in [0.15, 0.2) is 24.3 Å². The van der Waals surface area contributed by atoms with Crippen LogP contribution in [0.25, 0.3) is 0 Å². The zero-order valence-electron chi connectivity index (χ0n) is 12.2. The van der Waals surface area contributed by atoms with Gasteiger partial charge in [0.15, 0.2) is 0 Å². The zero-order chi connectivity index (χ0) is 13.8. The Morgan fingerprint density at radius 1 is 1.35 bits per heavy atom. The highest BCUT2D eigenvalue weighted by atomic mass is 35.5. The van der Waals surface area contributed by atoms with Crippen LogP contribution in [-0.2, 0) is 6.50 Å². The molecule has 0 saturated heterocycles. The molecule has 1 rings (SSSR count). The summed E-state index contributed by atoms with van der Waals surface area (Å²) in [5.74, 6) is -0.154. The number of carbonyl (C=O) groups is 1. The fraction of sp³-hybridized carbons (Fsp3) is 0.417. The third-order valence-corrected chi connectivity index (χ3v) is 1.90. The van der Waals surface area contributed by atoms with Crippen molar-refractivity contribution in [3.8, 4) is 0 Å². The predicted molar refractivity (Wildman–Crippen MR) is 72.2 cm³/mol. The monoisotopic (exact) mass is 259 g/mol. The van der Waals surface area contributed by atoms with E-state index in [1.54, 1.807) is 31.3 Å². The number of hydrogen-bond acceptors (Lipinski definition) is 3. The fourth-order valence-electron chi connectivity index (χ4n) is 1.19. The van der Waals surface area contributed by atoms with Gasteiger partial charge in [0.2, 0.25) is 0 Å². The van der Waals surface area contributed by atoms with Gasteiger partial charge in [-0.3, -0.25) is 15.6 Å². The third kappa shape index (κ3) is 5.68. The summed E-state index contributed by atoms with van der Waals surface area (Å²) in [6.07, 6.45) is 0. The first kappa shape index (κ1) is 12.4. The molecule has 0 aromatic heterocycles. The van der Waals surface area contributed by atoms with E-state index >= 15 is 0 Å². The summed E-state index contributed by atoms with van der Waals surface area (Å²) < 4.78 is 15.5. The van der Waals surface area contributed by atoms with E-state index in [-0.39, 0.29) is 24.4 Å². The summed E-state index contributed by atoms with van der Waals surface area (Å²) in [6.45, 7) is 2.10. The minimum absolute atomic E-state index is 0. The Labute approximate surface area is 111 Å². The van der Waals surface area contributed by atoms with E-state index in [1.807, 2.05) is 13.8 Å². The number of nitrogens with one attached hydrogen (secondary N) is 3. The van der Waals surface area contributed by atoms with Crippen molar-refractivity contribution in [2.75, 3.05) is 7.05 Å². The molecule has 0 atom stereocenters. The molecule has 1 aromatic rings. The first-order valence-corrected chi connectivity index (χ1v) is 5.22. The molecule has 0 aliphatic carbocycles. The maximum atomic E-state index is 11.7. The van der Waals surface area contributed by atoms with Crippen LogP contribution in [0.4, 0.5) is 0 Å². The van der Waals surface area contributed by atoms with E-state index in [0.29, 0.717) is 11.1 Å². The molecule has 17 heavy (non-hydrogen) atoms. The summed E-state index contributed by atoms with van der Waals surface area (Å²) in [5, 5.41) is 2.78. The lowest BCUT2D eigenvalue weighted by molar-refractivity contribution is 0.0943. The van der Waals surface area contributed by atoms with E-state index < -0.39 is 6.50 Å². The maximum absolute atomic E-state index is 11.7. The Bertz CT molecular complexity index is 410. The van der Waals surface area contributed by atoms with Crippen molar-refractivity contribution in [1.29, 1.82) is 0 Å². The van der Waals surface area contributed by atoms with Crippen molar-refractivity contribution in [3.63, 3.8) is 0 Å². The summed E-state index contributed by atoms with van der Waals surface area (Å²) in [5.41, 5.74) is 6.04. The lowest BCUT2D eigenvalue weighted by Gasteiger charge is -2.09. The molecule has 4 nitrogen and oxygen atoms in total. The Balaban J connectivity index is 0.00000324. The van der Waals surface area contributed by atoms with Crippen LogP contribution in [0.5, 0.6) is 0 Å². The summed E-state index contributed by atoms with van der Waals surface area (Å²) in [7, 11) is 1.60. The van der Waals surface area contributed by atoms with Gasteiger partial charge in [-0.25, -0.2) is 0 Å². The lowest BCUT2D eigenvalue weighted by atomic mass is 10.1. The molecule has 5 heteroatoms.